The normalized spacial score (nSPS) is 10.4. The van der Waals surface area contributed by atoms with E-state index in [2.05, 4.69) is 33.5 Å². The van der Waals surface area contributed by atoms with Crippen LogP contribution in [0.25, 0.3) is 22.6 Å². The number of para-hydroxylation sites is 1. The molecule has 3 rings (SSSR count). The topological polar surface area (TPSA) is 40.7 Å². The summed E-state index contributed by atoms with van der Waals surface area (Å²) in [6.45, 7) is 0. The molecule has 3 aromatic rings. The Morgan fingerprint density at radius 3 is 2.47 bits per heavy atom. The molecule has 0 amide bonds. The first-order valence-corrected chi connectivity index (χ1v) is 6.26. The van der Waals surface area contributed by atoms with Crippen LogP contribution < -0.4 is 5.32 Å². The van der Waals surface area contributed by atoms with Gasteiger partial charge in [0.25, 0.3) is 0 Å². The van der Waals surface area contributed by atoms with Crippen LogP contribution in [-0.2, 0) is 0 Å². The standard InChI is InChI=1S/C16H15N3/c1-17-14-10-6-5-9-13(14)16-18-11-15(19-16)12-7-3-2-4-8-12/h2-11,17H,1H3,(H,18,19). The van der Waals surface area contributed by atoms with Gasteiger partial charge in [-0.25, -0.2) is 4.98 Å². The third-order valence-electron chi connectivity index (χ3n) is 3.11. The van der Waals surface area contributed by atoms with Gasteiger partial charge in [0.2, 0.25) is 0 Å². The third-order valence-corrected chi connectivity index (χ3v) is 3.11. The average molecular weight is 249 g/mol. The summed E-state index contributed by atoms with van der Waals surface area (Å²) in [6, 6.07) is 18.3. The Kier molecular flexibility index (Phi) is 3.02. The van der Waals surface area contributed by atoms with Gasteiger partial charge in [-0.2, -0.15) is 0 Å². The van der Waals surface area contributed by atoms with Crippen LogP contribution in [0.1, 0.15) is 0 Å². The van der Waals surface area contributed by atoms with E-state index < -0.39 is 0 Å². The summed E-state index contributed by atoms with van der Waals surface area (Å²) >= 11 is 0. The number of nitrogens with zero attached hydrogens (tertiary/aromatic N) is 1. The van der Waals surface area contributed by atoms with Gasteiger partial charge in [0.05, 0.1) is 11.9 Å². The van der Waals surface area contributed by atoms with Gasteiger partial charge in [0.1, 0.15) is 5.82 Å². The molecule has 1 aromatic heterocycles. The molecule has 3 nitrogen and oxygen atoms in total. The van der Waals surface area contributed by atoms with Crippen LogP contribution in [0.4, 0.5) is 5.69 Å². The van der Waals surface area contributed by atoms with E-state index in [4.69, 9.17) is 0 Å². The predicted molar refractivity (Wildman–Crippen MR) is 79.0 cm³/mol. The van der Waals surface area contributed by atoms with Crippen molar-refractivity contribution in [2.24, 2.45) is 0 Å². The molecule has 1 heterocycles. The third kappa shape index (κ3) is 2.22. The minimum Gasteiger partial charge on any atom is -0.388 e. The van der Waals surface area contributed by atoms with Gasteiger partial charge in [0.15, 0.2) is 0 Å². The highest BCUT2D eigenvalue weighted by Crippen LogP contribution is 2.27. The summed E-state index contributed by atoms with van der Waals surface area (Å²) in [5, 5.41) is 3.18. The zero-order valence-electron chi connectivity index (χ0n) is 10.7. The second-order valence-electron chi connectivity index (χ2n) is 4.31. The molecule has 0 bridgehead atoms. The Labute approximate surface area is 112 Å². The van der Waals surface area contributed by atoms with Gasteiger partial charge < -0.3 is 10.3 Å². The molecule has 0 saturated carbocycles. The Morgan fingerprint density at radius 1 is 0.947 bits per heavy atom. The summed E-state index contributed by atoms with van der Waals surface area (Å²) in [7, 11) is 1.92. The summed E-state index contributed by atoms with van der Waals surface area (Å²) in [6.07, 6.45) is 1.87. The van der Waals surface area contributed by atoms with Crippen LogP contribution in [0, 0.1) is 0 Å². The molecular formula is C16H15N3. The molecule has 0 atom stereocenters. The Balaban J connectivity index is 2.02. The molecule has 2 N–H and O–H groups in total. The molecule has 2 aromatic carbocycles. The van der Waals surface area contributed by atoms with Crippen LogP contribution in [-0.4, -0.2) is 17.0 Å². The fraction of sp³-hybridized carbons (Fsp3) is 0.0625. The smallest absolute Gasteiger partial charge is 0.139 e. The number of hydrogen-bond donors (Lipinski definition) is 2. The molecule has 0 saturated heterocycles. The highest BCUT2D eigenvalue weighted by molar-refractivity contribution is 5.75. The molecule has 0 aliphatic heterocycles. The number of nitrogens with one attached hydrogen (secondary N) is 2. The minimum atomic E-state index is 0.879. The summed E-state index contributed by atoms with van der Waals surface area (Å²) in [4.78, 5) is 7.85. The summed E-state index contributed by atoms with van der Waals surface area (Å²) in [5.41, 5.74) is 4.31. The molecule has 0 radical (unpaired) electrons. The first-order chi connectivity index (χ1) is 9.38. The van der Waals surface area contributed by atoms with Crippen LogP contribution in [0.2, 0.25) is 0 Å². The number of anilines is 1. The molecular weight excluding hydrogens is 234 g/mol. The lowest BCUT2D eigenvalue weighted by atomic mass is 10.1. The number of aromatic nitrogens is 2. The van der Waals surface area contributed by atoms with E-state index in [1.165, 1.54) is 0 Å². The second kappa shape index (κ2) is 4.98. The maximum Gasteiger partial charge on any atom is 0.139 e. The Hall–Kier alpha value is -2.55. The van der Waals surface area contributed by atoms with Gasteiger partial charge in [-0.3, -0.25) is 0 Å². The number of rotatable bonds is 3. The first-order valence-electron chi connectivity index (χ1n) is 6.26. The van der Waals surface area contributed by atoms with Crippen molar-refractivity contribution in [1.29, 1.82) is 0 Å². The number of imidazole rings is 1. The zero-order chi connectivity index (χ0) is 13.1. The molecule has 0 aliphatic carbocycles. The fourth-order valence-electron chi connectivity index (χ4n) is 2.13. The first kappa shape index (κ1) is 11.5. The van der Waals surface area contributed by atoms with Crippen molar-refractivity contribution >= 4 is 5.69 Å². The molecule has 0 spiro atoms. The molecule has 3 heteroatoms. The van der Waals surface area contributed by atoms with Gasteiger partial charge >= 0.3 is 0 Å². The van der Waals surface area contributed by atoms with E-state index in [-0.39, 0.29) is 0 Å². The van der Waals surface area contributed by atoms with Crippen LogP contribution in [0.5, 0.6) is 0 Å². The number of hydrogen-bond acceptors (Lipinski definition) is 2. The van der Waals surface area contributed by atoms with Crippen molar-refractivity contribution in [1.82, 2.24) is 9.97 Å². The maximum atomic E-state index is 4.48. The van der Waals surface area contributed by atoms with E-state index in [0.717, 1.165) is 28.3 Å². The van der Waals surface area contributed by atoms with E-state index in [9.17, 15) is 0 Å². The van der Waals surface area contributed by atoms with E-state index in [0.29, 0.717) is 0 Å². The summed E-state index contributed by atoms with van der Waals surface area (Å²) in [5.74, 6) is 0.879. The number of aromatic amines is 1. The van der Waals surface area contributed by atoms with Crippen molar-refractivity contribution < 1.29 is 0 Å². The van der Waals surface area contributed by atoms with Crippen molar-refractivity contribution in [3.8, 4) is 22.6 Å². The van der Waals surface area contributed by atoms with Crippen LogP contribution in [0.15, 0.2) is 60.8 Å². The zero-order valence-corrected chi connectivity index (χ0v) is 10.7. The lowest BCUT2D eigenvalue weighted by Crippen LogP contribution is -1.92. The lowest BCUT2D eigenvalue weighted by molar-refractivity contribution is 1.30. The highest BCUT2D eigenvalue weighted by Gasteiger charge is 2.08. The Bertz CT molecular complexity index is 671. The SMILES string of the molecule is CNc1ccccc1-c1ncc(-c2ccccc2)[nH]1. The lowest BCUT2D eigenvalue weighted by Gasteiger charge is -2.05. The number of H-pyrrole nitrogens is 1. The second-order valence-corrected chi connectivity index (χ2v) is 4.31. The quantitative estimate of drug-likeness (QED) is 0.741. The van der Waals surface area contributed by atoms with Crippen molar-refractivity contribution in [2.75, 3.05) is 12.4 Å². The molecule has 0 unspecified atom stereocenters. The molecule has 19 heavy (non-hydrogen) atoms. The van der Waals surface area contributed by atoms with E-state index >= 15 is 0 Å². The van der Waals surface area contributed by atoms with Gasteiger partial charge in [-0.1, -0.05) is 42.5 Å². The largest absolute Gasteiger partial charge is 0.388 e. The van der Waals surface area contributed by atoms with Gasteiger partial charge in [-0.15, -0.1) is 0 Å². The predicted octanol–water partition coefficient (Wildman–Crippen LogP) is 3.79. The summed E-state index contributed by atoms with van der Waals surface area (Å²) < 4.78 is 0. The Morgan fingerprint density at radius 2 is 1.68 bits per heavy atom. The highest BCUT2D eigenvalue weighted by atomic mass is 14.9. The minimum absolute atomic E-state index is 0.879. The molecule has 94 valence electrons. The number of benzene rings is 2. The average Bonchev–Trinajstić information content (AvgIpc) is 2.98. The van der Waals surface area contributed by atoms with Gasteiger partial charge in [-0.05, 0) is 17.7 Å². The molecule has 0 fully saturated rings. The van der Waals surface area contributed by atoms with E-state index in [1.807, 2.05) is 49.6 Å². The van der Waals surface area contributed by atoms with Crippen molar-refractivity contribution in [2.45, 2.75) is 0 Å². The van der Waals surface area contributed by atoms with Crippen molar-refractivity contribution in [3.05, 3.63) is 60.8 Å². The maximum absolute atomic E-state index is 4.48. The van der Waals surface area contributed by atoms with E-state index in [1.54, 1.807) is 0 Å². The molecule has 0 aliphatic rings. The fourth-order valence-corrected chi connectivity index (χ4v) is 2.13. The van der Waals surface area contributed by atoms with Crippen LogP contribution >= 0.6 is 0 Å². The van der Waals surface area contributed by atoms with Crippen molar-refractivity contribution in [3.63, 3.8) is 0 Å². The van der Waals surface area contributed by atoms with Gasteiger partial charge in [0, 0.05) is 18.3 Å². The monoisotopic (exact) mass is 249 g/mol. The van der Waals surface area contributed by atoms with Crippen LogP contribution in [0.3, 0.4) is 0 Å².